The Bertz CT molecular complexity index is 280. The number of hydrogen-bond acceptors (Lipinski definition) is 2. The predicted molar refractivity (Wildman–Crippen MR) is 50.9 cm³/mol. The Labute approximate surface area is 75.4 Å². The van der Waals surface area contributed by atoms with E-state index in [4.69, 9.17) is 5.53 Å². The fourth-order valence-corrected chi connectivity index (χ4v) is 1.59. The molecule has 0 aliphatic rings. The molecule has 0 spiro atoms. The Morgan fingerprint density at radius 1 is 1.42 bits per heavy atom. The van der Waals surface area contributed by atoms with E-state index in [2.05, 4.69) is 10.0 Å². The van der Waals surface area contributed by atoms with Gasteiger partial charge in [-0.25, -0.2) is 0 Å². The van der Waals surface area contributed by atoms with Crippen LogP contribution in [0.5, 0.6) is 0 Å². The van der Waals surface area contributed by atoms with Gasteiger partial charge in [-0.1, -0.05) is 23.3 Å². The van der Waals surface area contributed by atoms with Crippen LogP contribution < -0.4 is 0 Å². The first-order valence-electron chi connectivity index (χ1n) is 3.59. The van der Waals surface area contributed by atoms with Gasteiger partial charge in [0.1, 0.15) is 0 Å². The van der Waals surface area contributed by atoms with Gasteiger partial charge >= 0.3 is 0 Å². The highest BCUT2D eigenvalue weighted by atomic mass is 32.2. The van der Waals surface area contributed by atoms with Crippen LogP contribution in [-0.4, -0.2) is 5.37 Å². The first kappa shape index (κ1) is 8.97. The lowest BCUT2D eigenvalue weighted by Crippen LogP contribution is -1.86. The van der Waals surface area contributed by atoms with Crippen molar-refractivity contribution in [1.29, 1.82) is 0 Å². The third kappa shape index (κ3) is 2.86. The van der Waals surface area contributed by atoms with Crippen LogP contribution in [0.2, 0.25) is 0 Å². The summed E-state index contributed by atoms with van der Waals surface area (Å²) in [5, 5.41) is 3.52. The minimum atomic E-state index is -0.0441. The summed E-state index contributed by atoms with van der Waals surface area (Å²) in [6, 6.07) is 9.88. The maximum atomic E-state index is 8.16. The first-order chi connectivity index (χ1) is 5.83. The lowest BCUT2D eigenvalue weighted by atomic mass is 10.4. The summed E-state index contributed by atoms with van der Waals surface area (Å²) >= 11 is 1.55. The zero-order valence-corrected chi connectivity index (χ0v) is 7.53. The van der Waals surface area contributed by atoms with Crippen molar-refractivity contribution in [2.24, 2.45) is 5.11 Å². The highest BCUT2D eigenvalue weighted by Crippen LogP contribution is 2.22. The van der Waals surface area contributed by atoms with E-state index in [1.165, 1.54) is 0 Å². The molecule has 3 nitrogen and oxygen atoms in total. The molecule has 0 aromatic heterocycles. The topological polar surface area (TPSA) is 48.8 Å². The van der Waals surface area contributed by atoms with Gasteiger partial charge in [0.05, 0.1) is 5.37 Å². The number of rotatable bonds is 3. The highest BCUT2D eigenvalue weighted by Gasteiger charge is 1.99. The van der Waals surface area contributed by atoms with Crippen molar-refractivity contribution in [2.75, 3.05) is 0 Å². The summed E-state index contributed by atoms with van der Waals surface area (Å²) in [7, 11) is 0. The molecule has 1 rings (SSSR count). The van der Waals surface area contributed by atoms with Crippen LogP contribution in [0.1, 0.15) is 6.92 Å². The van der Waals surface area contributed by atoms with Gasteiger partial charge < -0.3 is 0 Å². The SMILES string of the molecule is CC(N=[N+]=[N-])Sc1ccccc1. The quantitative estimate of drug-likeness (QED) is 0.303. The lowest BCUT2D eigenvalue weighted by Gasteiger charge is -2.02. The van der Waals surface area contributed by atoms with Crippen LogP contribution in [-0.2, 0) is 0 Å². The second-order valence-corrected chi connectivity index (χ2v) is 3.62. The molecule has 12 heavy (non-hydrogen) atoms. The fourth-order valence-electron chi connectivity index (χ4n) is 0.792. The highest BCUT2D eigenvalue weighted by molar-refractivity contribution is 7.99. The zero-order valence-electron chi connectivity index (χ0n) is 6.71. The van der Waals surface area contributed by atoms with Gasteiger partial charge in [0.25, 0.3) is 0 Å². The van der Waals surface area contributed by atoms with Crippen molar-refractivity contribution in [3.05, 3.63) is 40.8 Å². The smallest absolute Gasteiger partial charge is 0.0852 e. The van der Waals surface area contributed by atoms with Crippen LogP contribution >= 0.6 is 11.8 Å². The van der Waals surface area contributed by atoms with Crippen LogP contribution in [0, 0.1) is 0 Å². The van der Waals surface area contributed by atoms with Gasteiger partial charge in [0.2, 0.25) is 0 Å². The lowest BCUT2D eigenvalue weighted by molar-refractivity contribution is 1.02. The molecule has 0 heterocycles. The van der Waals surface area contributed by atoms with Crippen LogP contribution in [0.3, 0.4) is 0 Å². The van der Waals surface area contributed by atoms with Crippen molar-refractivity contribution >= 4 is 11.8 Å². The molecule has 0 saturated carbocycles. The third-order valence-corrected chi connectivity index (χ3v) is 2.24. The maximum Gasteiger partial charge on any atom is 0.0852 e. The number of benzene rings is 1. The van der Waals surface area contributed by atoms with Crippen molar-refractivity contribution < 1.29 is 0 Å². The van der Waals surface area contributed by atoms with Crippen LogP contribution in [0.25, 0.3) is 10.4 Å². The van der Waals surface area contributed by atoms with Gasteiger partial charge in [-0.15, -0.1) is 11.8 Å². The van der Waals surface area contributed by atoms with Crippen LogP contribution in [0.4, 0.5) is 0 Å². The Kier molecular flexibility index (Phi) is 3.51. The van der Waals surface area contributed by atoms with E-state index in [-0.39, 0.29) is 5.37 Å². The molecule has 4 heteroatoms. The third-order valence-electron chi connectivity index (χ3n) is 1.26. The summed E-state index contributed by atoms with van der Waals surface area (Å²) in [5.74, 6) is 0. The van der Waals surface area contributed by atoms with Gasteiger partial charge in [-0.3, -0.25) is 0 Å². The Morgan fingerprint density at radius 2 is 2.08 bits per heavy atom. The van der Waals surface area contributed by atoms with Crippen molar-refractivity contribution in [1.82, 2.24) is 0 Å². The van der Waals surface area contributed by atoms with Crippen molar-refractivity contribution in [3.8, 4) is 0 Å². The number of thioether (sulfide) groups is 1. The van der Waals surface area contributed by atoms with Crippen molar-refractivity contribution in [3.63, 3.8) is 0 Å². The van der Waals surface area contributed by atoms with Gasteiger partial charge in [-0.05, 0) is 24.6 Å². The standard InChI is InChI=1S/C8H9N3S/c1-7(10-11-9)12-8-5-3-2-4-6-8/h2-7H,1H3. The molecule has 62 valence electrons. The van der Waals surface area contributed by atoms with Gasteiger partial charge in [-0.2, -0.15) is 0 Å². The summed E-state index contributed by atoms with van der Waals surface area (Å²) in [4.78, 5) is 3.86. The van der Waals surface area contributed by atoms with Gasteiger partial charge in [0, 0.05) is 9.81 Å². The van der Waals surface area contributed by atoms with E-state index in [9.17, 15) is 0 Å². The van der Waals surface area contributed by atoms with Crippen LogP contribution in [0.15, 0.2) is 40.3 Å². The average molecular weight is 179 g/mol. The summed E-state index contributed by atoms with van der Waals surface area (Å²) in [6.07, 6.45) is 0. The van der Waals surface area contributed by atoms with E-state index in [0.717, 1.165) is 4.90 Å². The number of hydrogen-bond donors (Lipinski definition) is 0. The molecule has 0 bridgehead atoms. The molecule has 1 aromatic rings. The molecule has 0 aliphatic heterocycles. The second kappa shape index (κ2) is 4.70. The maximum absolute atomic E-state index is 8.16. The Balaban J connectivity index is 2.58. The Morgan fingerprint density at radius 3 is 2.67 bits per heavy atom. The molecule has 0 amide bonds. The van der Waals surface area contributed by atoms with E-state index >= 15 is 0 Å². The molecular weight excluding hydrogens is 170 g/mol. The monoisotopic (exact) mass is 179 g/mol. The molecule has 1 aromatic carbocycles. The average Bonchev–Trinajstić information content (AvgIpc) is 2.06. The summed E-state index contributed by atoms with van der Waals surface area (Å²) in [6.45, 7) is 1.87. The van der Waals surface area contributed by atoms with Gasteiger partial charge in [0.15, 0.2) is 0 Å². The van der Waals surface area contributed by atoms with E-state index in [0.29, 0.717) is 0 Å². The fraction of sp³-hybridized carbons (Fsp3) is 0.250. The minimum Gasteiger partial charge on any atom is -0.117 e. The normalized spacial score (nSPS) is 11.8. The molecule has 0 N–H and O–H groups in total. The minimum absolute atomic E-state index is 0.0441. The molecule has 1 unspecified atom stereocenters. The summed E-state index contributed by atoms with van der Waals surface area (Å²) < 4.78 is 0. The molecular formula is C8H9N3S. The number of azide groups is 1. The zero-order chi connectivity index (χ0) is 8.81. The van der Waals surface area contributed by atoms with E-state index in [1.54, 1.807) is 11.8 Å². The molecule has 1 atom stereocenters. The number of nitrogens with zero attached hydrogens (tertiary/aromatic N) is 3. The molecule has 0 fully saturated rings. The first-order valence-corrected chi connectivity index (χ1v) is 4.47. The van der Waals surface area contributed by atoms with E-state index < -0.39 is 0 Å². The van der Waals surface area contributed by atoms with Crippen molar-refractivity contribution in [2.45, 2.75) is 17.2 Å². The molecule has 0 aliphatic carbocycles. The molecule has 0 saturated heterocycles. The second-order valence-electron chi connectivity index (χ2n) is 2.24. The Hall–Kier alpha value is -1.12. The summed E-state index contributed by atoms with van der Waals surface area (Å²) in [5.41, 5.74) is 8.16. The molecule has 0 radical (unpaired) electrons. The largest absolute Gasteiger partial charge is 0.117 e. The predicted octanol–water partition coefficient (Wildman–Crippen LogP) is 3.44. The van der Waals surface area contributed by atoms with E-state index in [1.807, 2.05) is 37.3 Å².